The Morgan fingerprint density at radius 2 is 1.95 bits per heavy atom. The lowest BCUT2D eigenvalue weighted by Crippen LogP contribution is -1.97. The summed E-state index contributed by atoms with van der Waals surface area (Å²) in [5.41, 5.74) is 1.20. The van der Waals surface area contributed by atoms with Gasteiger partial charge in [0.15, 0.2) is 0 Å². The average molecular weight is 368 g/mol. The minimum Gasteiger partial charge on any atom is -0.380 e. The summed E-state index contributed by atoms with van der Waals surface area (Å²) in [6.45, 7) is 0.894. The number of thioether (sulfide) groups is 1. The van der Waals surface area contributed by atoms with Crippen LogP contribution in [0.4, 0.5) is 5.69 Å². The average Bonchev–Trinajstić information content (AvgIpc) is 3.10. The van der Waals surface area contributed by atoms with Crippen molar-refractivity contribution >= 4 is 44.7 Å². The van der Waals surface area contributed by atoms with Crippen LogP contribution in [-0.4, -0.2) is 5.25 Å². The molecule has 0 radical (unpaired) electrons. The van der Waals surface area contributed by atoms with Crippen LogP contribution in [0.2, 0.25) is 0 Å². The molecule has 0 atom stereocenters. The van der Waals surface area contributed by atoms with Crippen LogP contribution in [0, 0.1) is 0 Å². The number of halogens is 1. The van der Waals surface area contributed by atoms with Crippen LogP contribution in [0.5, 0.6) is 0 Å². The summed E-state index contributed by atoms with van der Waals surface area (Å²) in [7, 11) is 0. The van der Waals surface area contributed by atoms with Crippen LogP contribution >= 0.6 is 39.0 Å². The third kappa shape index (κ3) is 4.03. The van der Waals surface area contributed by atoms with E-state index in [4.69, 9.17) is 0 Å². The quantitative estimate of drug-likeness (QED) is 0.679. The molecule has 1 aromatic carbocycles. The van der Waals surface area contributed by atoms with Crippen LogP contribution in [0.3, 0.4) is 0 Å². The fourth-order valence-electron chi connectivity index (χ4n) is 2.49. The predicted octanol–water partition coefficient (Wildman–Crippen LogP) is 6.16. The summed E-state index contributed by atoms with van der Waals surface area (Å²) in [6.07, 6.45) is 5.59. The zero-order chi connectivity index (χ0) is 13.8. The van der Waals surface area contributed by atoms with Gasteiger partial charge in [0, 0.05) is 37.1 Å². The van der Waals surface area contributed by atoms with Crippen molar-refractivity contribution in [3.8, 4) is 0 Å². The van der Waals surface area contributed by atoms with Crippen molar-refractivity contribution in [3.63, 3.8) is 0 Å². The van der Waals surface area contributed by atoms with Gasteiger partial charge in [0.25, 0.3) is 0 Å². The molecule has 20 heavy (non-hydrogen) atoms. The second kappa shape index (κ2) is 7.01. The van der Waals surface area contributed by atoms with Gasteiger partial charge >= 0.3 is 0 Å². The number of hydrogen-bond donors (Lipinski definition) is 1. The summed E-state index contributed by atoms with van der Waals surface area (Å²) in [5.74, 6) is 0. The van der Waals surface area contributed by atoms with Gasteiger partial charge in [0.2, 0.25) is 0 Å². The molecule has 1 aliphatic rings. The van der Waals surface area contributed by atoms with E-state index < -0.39 is 0 Å². The SMILES string of the molecule is Brc1csc(CNc2ccc(SC3CCCC3)cc2)c1. The Morgan fingerprint density at radius 1 is 1.20 bits per heavy atom. The number of hydrogen-bond acceptors (Lipinski definition) is 3. The van der Waals surface area contributed by atoms with Crippen LogP contribution in [-0.2, 0) is 6.54 Å². The normalized spacial score (nSPS) is 15.7. The Morgan fingerprint density at radius 3 is 2.60 bits per heavy atom. The van der Waals surface area contributed by atoms with Crippen molar-refractivity contribution in [1.29, 1.82) is 0 Å². The molecule has 0 bridgehead atoms. The number of nitrogens with one attached hydrogen (secondary N) is 1. The highest BCUT2D eigenvalue weighted by atomic mass is 79.9. The van der Waals surface area contributed by atoms with Crippen LogP contribution in [0.1, 0.15) is 30.6 Å². The Labute approximate surface area is 137 Å². The van der Waals surface area contributed by atoms with E-state index in [2.05, 4.69) is 57.0 Å². The van der Waals surface area contributed by atoms with E-state index in [-0.39, 0.29) is 0 Å². The topological polar surface area (TPSA) is 12.0 Å². The monoisotopic (exact) mass is 367 g/mol. The highest BCUT2D eigenvalue weighted by molar-refractivity contribution is 9.10. The molecular weight excluding hydrogens is 350 g/mol. The summed E-state index contributed by atoms with van der Waals surface area (Å²) >= 11 is 7.31. The van der Waals surface area contributed by atoms with E-state index in [1.54, 1.807) is 11.3 Å². The molecule has 0 amide bonds. The van der Waals surface area contributed by atoms with Gasteiger partial charge in [0.05, 0.1) is 0 Å². The molecule has 3 rings (SSSR count). The zero-order valence-corrected chi connectivity index (χ0v) is 14.5. The van der Waals surface area contributed by atoms with Crippen LogP contribution in [0.15, 0.2) is 45.1 Å². The molecule has 0 unspecified atom stereocenters. The van der Waals surface area contributed by atoms with Gasteiger partial charge in [-0.3, -0.25) is 0 Å². The summed E-state index contributed by atoms with van der Waals surface area (Å²) in [5, 5.41) is 6.44. The van der Waals surface area contributed by atoms with Gasteiger partial charge in [0.1, 0.15) is 0 Å². The minimum absolute atomic E-state index is 0.845. The van der Waals surface area contributed by atoms with Crippen molar-refractivity contribution < 1.29 is 0 Å². The largest absolute Gasteiger partial charge is 0.380 e. The van der Waals surface area contributed by atoms with E-state index >= 15 is 0 Å². The first-order valence-corrected chi connectivity index (χ1v) is 9.58. The van der Waals surface area contributed by atoms with Gasteiger partial charge in [-0.2, -0.15) is 0 Å². The fourth-order valence-corrected chi connectivity index (χ4v) is 5.12. The lowest BCUT2D eigenvalue weighted by Gasteiger charge is -2.10. The smallest absolute Gasteiger partial charge is 0.0494 e. The van der Waals surface area contributed by atoms with Crippen LogP contribution in [0.25, 0.3) is 0 Å². The van der Waals surface area contributed by atoms with E-state index in [0.717, 1.165) is 11.8 Å². The number of benzene rings is 1. The number of rotatable bonds is 5. The fraction of sp³-hybridized carbons (Fsp3) is 0.375. The van der Waals surface area contributed by atoms with Crippen molar-refractivity contribution in [2.75, 3.05) is 5.32 Å². The van der Waals surface area contributed by atoms with Gasteiger partial charge in [-0.05, 0) is 59.1 Å². The van der Waals surface area contributed by atoms with E-state index in [9.17, 15) is 0 Å². The first-order chi connectivity index (χ1) is 9.79. The first kappa shape index (κ1) is 14.5. The molecule has 106 valence electrons. The minimum atomic E-state index is 0.845. The molecule has 0 spiro atoms. The molecule has 4 heteroatoms. The number of thiophene rings is 1. The lowest BCUT2D eigenvalue weighted by molar-refractivity contribution is 0.886. The van der Waals surface area contributed by atoms with Gasteiger partial charge in [-0.15, -0.1) is 23.1 Å². The molecule has 1 nitrogen and oxygen atoms in total. The summed E-state index contributed by atoms with van der Waals surface area (Å²) < 4.78 is 1.17. The second-order valence-corrected chi connectivity index (χ2v) is 8.42. The van der Waals surface area contributed by atoms with E-state index in [0.29, 0.717) is 0 Å². The molecule has 1 fully saturated rings. The Kier molecular flexibility index (Phi) is 5.08. The molecule has 0 aliphatic heterocycles. The molecule has 1 aromatic heterocycles. The maximum atomic E-state index is 3.49. The molecule has 2 aromatic rings. The van der Waals surface area contributed by atoms with Crippen molar-refractivity contribution in [1.82, 2.24) is 0 Å². The molecule has 1 heterocycles. The van der Waals surface area contributed by atoms with Gasteiger partial charge < -0.3 is 5.32 Å². The van der Waals surface area contributed by atoms with Gasteiger partial charge in [-0.25, -0.2) is 0 Å². The third-order valence-corrected chi connectivity index (χ3v) is 6.59. The third-order valence-electron chi connectivity index (χ3n) is 3.55. The molecule has 1 saturated carbocycles. The molecule has 1 N–H and O–H groups in total. The van der Waals surface area contributed by atoms with Crippen molar-refractivity contribution in [2.24, 2.45) is 0 Å². The maximum absolute atomic E-state index is 3.49. The van der Waals surface area contributed by atoms with Gasteiger partial charge in [-0.1, -0.05) is 12.8 Å². The standard InChI is InChI=1S/C16H18BrNS2/c17-12-9-16(19-11-12)10-18-13-5-7-15(8-6-13)20-14-3-1-2-4-14/h5-9,11,14,18H,1-4,10H2. The molecular formula is C16H18BrNS2. The molecule has 1 aliphatic carbocycles. The zero-order valence-electron chi connectivity index (χ0n) is 11.3. The second-order valence-electron chi connectivity index (χ2n) is 5.13. The Balaban J connectivity index is 1.52. The van der Waals surface area contributed by atoms with Crippen molar-refractivity contribution in [3.05, 3.63) is 45.1 Å². The summed E-state index contributed by atoms with van der Waals surface area (Å²) in [4.78, 5) is 2.75. The Hall–Kier alpha value is -0.450. The highest BCUT2D eigenvalue weighted by Crippen LogP contribution is 2.35. The molecule has 0 saturated heterocycles. The van der Waals surface area contributed by atoms with Crippen molar-refractivity contribution in [2.45, 2.75) is 42.4 Å². The Bertz CT molecular complexity index is 544. The van der Waals surface area contributed by atoms with Crippen LogP contribution < -0.4 is 5.32 Å². The number of anilines is 1. The maximum Gasteiger partial charge on any atom is 0.0494 e. The highest BCUT2D eigenvalue weighted by Gasteiger charge is 2.15. The lowest BCUT2D eigenvalue weighted by atomic mass is 10.3. The first-order valence-electron chi connectivity index (χ1n) is 7.03. The van der Waals surface area contributed by atoms with E-state index in [1.807, 2.05) is 11.8 Å². The predicted molar refractivity (Wildman–Crippen MR) is 93.9 cm³/mol. The summed E-state index contributed by atoms with van der Waals surface area (Å²) in [6, 6.07) is 11.0. The van der Waals surface area contributed by atoms with E-state index in [1.165, 1.54) is 45.6 Å².